The second kappa shape index (κ2) is 10.4. The van der Waals surface area contributed by atoms with Gasteiger partial charge in [0.1, 0.15) is 12.3 Å². The summed E-state index contributed by atoms with van der Waals surface area (Å²) in [5, 5.41) is 3.04. The highest BCUT2D eigenvalue weighted by molar-refractivity contribution is 14.0. The zero-order valence-electron chi connectivity index (χ0n) is 16.6. The van der Waals surface area contributed by atoms with Gasteiger partial charge in [-0.05, 0) is 12.1 Å². The number of fused-ring (bicyclic) bond motifs is 1. The second-order valence-electron chi connectivity index (χ2n) is 6.99. The van der Waals surface area contributed by atoms with Gasteiger partial charge in [-0.2, -0.15) is 0 Å². The standard InChI is InChI=1S/C20H25N7O2.HI/c21-19(26-9-11-27(12-10-26)20-22-7-3-8-23-20)24-14-18(28)25-16-6-13-29-17-5-2-1-4-15(16)17;/h1-5,7-8,16H,6,9-14H2,(H2,21,24)(H,25,28);1H. The maximum atomic E-state index is 12.4. The van der Waals surface area contributed by atoms with Crippen molar-refractivity contribution in [3.8, 4) is 5.75 Å². The zero-order valence-corrected chi connectivity index (χ0v) is 18.9. The van der Waals surface area contributed by atoms with Gasteiger partial charge in [0.2, 0.25) is 11.9 Å². The van der Waals surface area contributed by atoms with Crippen LogP contribution in [0.15, 0.2) is 47.7 Å². The average molecular weight is 523 g/mol. The number of carbonyl (C=O) groups excluding carboxylic acids is 1. The monoisotopic (exact) mass is 523 g/mol. The number of carbonyl (C=O) groups is 1. The summed E-state index contributed by atoms with van der Waals surface area (Å²) in [4.78, 5) is 29.3. The number of hydrogen-bond donors (Lipinski definition) is 2. The first kappa shape index (κ1) is 22.1. The van der Waals surface area contributed by atoms with Gasteiger partial charge in [-0.1, -0.05) is 18.2 Å². The molecule has 160 valence electrons. The molecule has 0 spiro atoms. The molecule has 1 aromatic heterocycles. The molecule has 1 fully saturated rings. The molecule has 9 nitrogen and oxygen atoms in total. The number of guanidine groups is 1. The molecule has 1 unspecified atom stereocenters. The minimum absolute atomic E-state index is 0. The van der Waals surface area contributed by atoms with Gasteiger partial charge in [0.15, 0.2) is 5.96 Å². The van der Waals surface area contributed by atoms with Crippen molar-refractivity contribution < 1.29 is 9.53 Å². The van der Waals surface area contributed by atoms with Crippen LogP contribution in [0.5, 0.6) is 5.75 Å². The van der Waals surface area contributed by atoms with Crippen molar-refractivity contribution in [2.45, 2.75) is 12.5 Å². The highest BCUT2D eigenvalue weighted by Crippen LogP contribution is 2.31. The fourth-order valence-electron chi connectivity index (χ4n) is 3.57. The van der Waals surface area contributed by atoms with Crippen LogP contribution in [0.1, 0.15) is 18.0 Å². The van der Waals surface area contributed by atoms with Crippen LogP contribution < -0.4 is 20.7 Å². The molecule has 1 aromatic carbocycles. The Hall–Kier alpha value is -2.63. The summed E-state index contributed by atoms with van der Waals surface area (Å²) in [6.07, 6.45) is 4.21. The van der Waals surface area contributed by atoms with E-state index in [1.54, 1.807) is 18.5 Å². The van der Waals surface area contributed by atoms with E-state index in [-0.39, 0.29) is 42.5 Å². The molecule has 30 heavy (non-hydrogen) atoms. The number of nitrogens with two attached hydrogens (primary N) is 1. The average Bonchev–Trinajstić information content (AvgIpc) is 2.78. The molecule has 0 bridgehead atoms. The molecule has 4 rings (SSSR count). The Morgan fingerprint density at radius 3 is 2.67 bits per heavy atom. The smallest absolute Gasteiger partial charge is 0.242 e. The van der Waals surface area contributed by atoms with Crippen LogP contribution in [0.25, 0.3) is 0 Å². The van der Waals surface area contributed by atoms with Crippen molar-refractivity contribution in [1.82, 2.24) is 20.2 Å². The van der Waals surface area contributed by atoms with Gasteiger partial charge in [0.25, 0.3) is 0 Å². The summed E-state index contributed by atoms with van der Waals surface area (Å²) in [7, 11) is 0. The number of benzene rings is 1. The Morgan fingerprint density at radius 2 is 1.90 bits per heavy atom. The number of rotatable bonds is 4. The lowest BCUT2D eigenvalue weighted by molar-refractivity contribution is -0.120. The number of aromatic nitrogens is 2. The Labute approximate surface area is 192 Å². The molecule has 1 atom stereocenters. The quantitative estimate of drug-likeness (QED) is 0.352. The van der Waals surface area contributed by atoms with Gasteiger partial charge in [0.05, 0.1) is 12.6 Å². The van der Waals surface area contributed by atoms with Crippen LogP contribution in [-0.2, 0) is 4.79 Å². The van der Waals surface area contributed by atoms with E-state index in [1.165, 1.54) is 0 Å². The third-order valence-corrected chi connectivity index (χ3v) is 5.12. The Kier molecular flexibility index (Phi) is 7.66. The van der Waals surface area contributed by atoms with Crippen molar-refractivity contribution >= 4 is 41.8 Å². The minimum atomic E-state index is -0.147. The van der Waals surface area contributed by atoms with E-state index in [4.69, 9.17) is 10.5 Å². The third kappa shape index (κ3) is 5.29. The number of halogens is 1. The van der Waals surface area contributed by atoms with Crippen molar-refractivity contribution in [2.24, 2.45) is 10.7 Å². The normalized spacial score (nSPS) is 18.7. The molecule has 0 saturated carbocycles. The first-order valence-corrected chi connectivity index (χ1v) is 9.78. The third-order valence-electron chi connectivity index (χ3n) is 5.12. The molecule has 10 heteroatoms. The number of nitrogens with zero attached hydrogens (tertiary/aromatic N) is 5. The number of piperazine rings is 1. The van der Waals surface area contributed by atoms with Crippen LogP contribution in [0.2, 0.25) is 0 Å². The first-order chi connectivity index (χ1) is 14.2. The molecular formula is C20H26IN7O2. The molecule has 3 N–H and O–H groups in total. The van der Waals surface area contributed by atoms with E-state index in [0.717, 1.165) is 36.8 Å². The molecular weight excluding hydrogens is 497 g/mol. The maximum Gasteiger partial charge on any atom is 0.242 e. The highest BCUT2D eigenvalue weighted by atomic mass is 127. The number of amides is 1. The Bertz CT molecular complexity index is 872. The summed E-state index contributed by atoms with van der Waals surface area (Å²) in [5.41, 5.74) is 7.12. The lowest BCUT2D eigenvalue weighted by Crippen LogP contribution is -2.51. The summed E-state index contributed by atoms with van der Waals surface area (Å²) < 4.78 is 5.64. The van der Waals surface area contributed by atoms with Crippen molar-refractivity contribution in [1.29, 1.82) is 0 Å². The van der Waals surface area contributed by atoms with E-state index in [2.05, 4.69) is 25.2 Å². The van der Waals surface area contributed by atoms with Crippen LogP contribution in [0, 0.1) is 0 Å². The van der Waals surface area contributed by atoms with Crippen molar-refractivity contribution in [3.05, 3.63) is 48.3 Å². The van der Waals surface area contributed by atoms with Crippen LogP contribution >= 0.6 is 24.0 Å². The molecule has 1 amide bonds. The van der Waals surface area contributed by atoms with Crippen LogP contribution in [-0.4, -0.2) is 66.1 Å². The summed E-state index contributed by atoms with van der Waals surface area (Å²) in [6.45, 7) is 3.53. The predicted octanol–water partition coefficient (Wildman–Crippen LogP) is 1.17. The Morgan fingerprint density at radius 1 is 1.17 bits per heavy atom. The van der Waals surface area contributed by atoms with Crippen molar-refractivity contribution in [3.63, 3.8) is 0 Å². The van der Waals surface area contributed by atoms with E-state index < -0.39 is 0 Å². The molecule has 0 aliphatic carbocycles. The molecule has 2 aliphatic rings. The van der Waals surface area contributed by atoms with E-state index in [1.807, 2.05) is 29.2 Å². The van der Waals surface area contributed by atoms with Gasteiger partial charge in [-0.3, -0.25) is 4.79 Å². The number of ether oxygens (including phenoxy) is 1. The van der Waals surface area contributed by atoms with E-state index >= 15 is 0 Å². The number of aliphatic imine (C=N–C) groups is 1. The lowest BCUT2D eigenvalue weighted by atomic mass is 10.0. The Balaban J connectivity index is 0.00000256. The van der Waals surface area contributed by atoms with Crippen molar-refractivity contribution in [2.75, 3.05) is 44.2 Å². The molecule has 2 aromatic rings. The van der Waals surface area contributed by atoms with Gasteiger partial charge < -0.3 is 25.6 Å². The number of nitrogens with one attached hydrogen (secondary N) is 1. The maximum absolute atomic E-state index is 12.4. The molecule has 3 heterocycles. The number of hydrogen-bond acceptors (Lipinski definition) is 6. The minimum Gasteiger partial charge on any atom is -0.493 e. The second-order valence-corrected chi connectivity index (χ2v) is 6.99. The number of anilines is 1. The van der Waals surface area contributed by atoms with Gasteiger partial charge in [-0.25, -0.2) is 15.0 Å². The summed E-state index contributed by atoms with van der Waals surface area (Å²) in [6, 6.07) is 9.52. The number of para-hydroxylation sites is 1. The van der Waals surface area contributed by atoms with E-state index in [0.29, 0.717) is 25.7 Å². The zero-order chi connectivity index (χ0) is 20.1. The summed E-state index contributed by atoms with van der Waals surface area (Å²) >= 11 is 0. The molecule has 2 aliphatic heterocycles. The van der Waals surface area contributed by atoms with Crippen LogP contribution in [0.3, 0.4) is 0 Å². The SMILES string of the molecule is I.NC(=NCC(=O)NC1CCOc2ccccc21)N1CCN(c2ncccn2)CC1. The fourth-order valence-corrected chi connectivity index (χ4v) is 3.57. The largest absolute Gasteiger partial charge is 0.493 e. The summed E-state index contributed by atoms with van der Waals surface area (Å²) in [5.74, 6) is 1.79. The van der Waals surface area contributed by atoms with Gasteiger partial charge >= 0.3 is 0 Å². The molecule has 0 radical (unpaired) electrons. The van der Waals surface area contributed by atoms with Gasteiger partial charge in [-0.15, -0.1) is 24.0 Å². The molecule has 1 saturated heterocycles. The lowest BCUT2D eigenvalue weighted by Gasteiger charge is -2.35. The first-order valence-electron chi connectivity index (χ1n) is 9.78. The topological polar surface area (TPSA) is 109 Å². The van der Waals surface area contributed by atoms with E-state index in [9.17, 15) is 4.79 Å². The van der Waals surface area contributed by atoms with Gasteiger partial charge in [0, 0.05) is 50.6 Å². The van der Waals surface area contributed by atoms with Crippen LogP contribution in [0.4, 0.5) is 5.95 Å². The predicted molar refractivity (Wildman–Crippen MR) is 125 cm³/mol. The fraction of sp³-hybridized carbons (Fsp3) is 0.400. The highest BCUT2D eigenvalue weighted by Gasteiger charge is 2.23.